The van der Waals surface area contributed by atoms with Gasteiger partial charge >= 0.3 is 5.97 Å². The van der Waals surface area contributed by atoms with E-state index >= 15 is 0 Å². The zero-order valence-corrected chi connectivity index (χ0v) is 11.6. The number of unbranched alkanes of at least 4 members (excludes halogenated alkanes) is 1. The van der Waals surface area contributed by atoms with E-state index in [-0.39, 0.29) is 23.7 Å². The molecule has 19 heavy (non-hydrogen) atoms. The Morgan fingerprint density at radius 1 is 1.21 bits per heavy atom. The Morgan fingerprint density at radius 2 is 1.89 bits per heavy atom. The van der Waals surface area contributed by atoms with Crippen LogP contribution in [0.25, 0.3) is 0 Å². The van der Waals surface area contributed by atoms with Crippen LogP contribution in [0.4, 0.5) is 0 Å². The summed E-state index contributed by atoms with van der Waals surface area (Å²) in [5.74, 6) is -0.460. The molecule has 0 aromatic heterocycles. The molecule has 2 rings (SSSR count). The van der Waals surface area contributed by atoms with Crippen molar-refractivity contribution in [1.29, 1.82) is 0 Å². The maximum absolute atomic E-state index is 12.3. The van der Waals surface area contributed by atoms with Crippen molar-refractivity contribution >= 4 is 11.9 Å². The van der Waals surface area contributed by atoms with Crippen molar-refractivity contribution in [1.82, 2.24) is 4.90 Å². The van der Waals surface area contributed by atoms with Crippen molar-refractivity contribution in [3.63, 3.8) is 0 Å². The highest BCUT2D eigenvalue weighted by Gasteiger charge is 2.44. The van der Waals surface area contributed by atoms with Crippen LogP contribution in [-0.2, 0) is 19.1 Å². The molecule has 1 heterocycles. The maximum Gasteiger partial charge on any atom is 0.309 e. The molecule has 0 N–H and O–H groups in total. The topological polar surface area (TPSA) is 55.8 Å². The van der Waals surface area contributed by atoms with Gasteiger partial charge in [-0.3, -0.25) is 9.59 Å². The lowest BCUT2D eigenvalue weighted by atomic mass is 9.72. The minimum atomic E-state index is -0.216. The molecule has 1 aliphatic heterocycles. The molecule has 1 amide bonds. The standard InChI is InChI=1S/C14H23NO4/c1-2-3-8-19-14(17)12-5-4-11(12)13(16)15-6-9-18-10-7-15/h11-12H,2-10H2,1H3. The third-order valence-electron chi connectivity index (χ3n) is 3.96. The van der Waals surface area contributed by atoms with Gasteiger partial charge in [-0.1, -0.05) is 13.3 Å². The molecule has 0 aromatic rings. The fourth-order valence-electron chi connectivity index (χ4n) is 2.52. The van der Waals surface area contributed by atoms with Gasteiger partial charge in [0.05, 0.1) is 31.7 Å². The Balaban J connectivity index is 1.80. The maximum atomic E-state index is 12.3. The Labute approximate surface area is 114 Å². The first-order chi connectivity index (χ1) is 9.24. The van der Waals surface area contributed by atoms with Crippen LogP contribution >= 0.6 is 0 Å². The Bertz CT molecular complexity index is 325. The lowest BCUT2D eigenvalue weighted by Crippen LogP contribution is -2.50. The van der Waals surface area contributed by atoms with Crippen molar-refractivity contribution in [2.24, 2.45) is 11.8 Å². The van der Waals surface area contributed by atoms with Gasteiger partial charge in [0.1, 0.15) is 0 Å². The Kier molecular flexibility index (Phi) is 5.19. The molecule has 0 aromatic carbocycles. The lowest BCUT2D eigenvalue weighted by molar-refractivity contribution is -0.162. The summed E-state index contributed by atoms with van der Waals surface area (Å²) in [6.07, 6.45) is 3.49. The monoisotopic (exact) mass is 269 g/mol. The largest absolute Gasteiger partial charge is 0.465 e. The molecule has 108 valence electrons. The zero-order chi connectivity index (χ0) is 13.7. The molecule has 1 saturated heterocycles. The van der Waals surface area contributed by atoms with Crippen LogP contribution in [-0.4, -0.2) is 49.7 Å². The van der Waals surface area contributed by atoms with E-state index in [1.165, 1.54) is 0 Å². The summed E-state index contributed by atoms with van der Waals surface area (Å²) in [6.45, 7) is 5.03. The van der Waals surface area contributed by atoms with Crippen LogP contribution in [0.3, 0.4) is 0 Å². The number of morpholine rings is 1. The van der Waals surface area contributed by atoms with Gasteiger partial charge in [-0.2, -0.15) is 0 Å². The summed E-state index contributed by atoms with van der Waals surface area (Å²) >= 11 is 0. The molecule has 0 radical (unpaired) electrons. The van der Waals surface area contributed by atoms with Gasteiger partial charge in [0, 0.05) is 13.1 Å². The first-order valence-corrected chi connectivity index (χ1v) is 7.27. The second kappa shape index (κ2) is 6.89. The predicted octanol–water partition coefficient (Wildman–Crippen LogP) is 1.21. The van der Waals surface area contributed by atoms with E-state index in [1.54, 1.807) is 0 Å². The van der Waals surface area contributed by atoms with E-state index in [1.807, 2.05) is 4.90 Å². The van der Waals surface area contributed by atoms with E-state index in [4.69, 9.17) is 9.47 Å². The number of carbonyl (C=O) groups is 2. The van der Waals surface area contributed by atoms with Gasteiger partial charge in [0.25, 0.3) is 0 Å². The summed E-state index contributed by atoms with van der Waals surface area (Å²) in [4.78, 5) is 26.0. The van der Waals surface area contributed by atoms with Crippen LogP contribution in [0.1, 0.15) is 32.6 Å². The molecule has 5 nitrogen and oxygen atoms in total. The highest BCUT2D eigenvalue weighted by atomic mass is 16.5. The van der Waals surface area contributed by atoms with E-state index in [0.717, 1.165) is 25.7 Å². The van der Waals surface area contributed by atoms with Gasteiger partial charge < -0.3 is 14.4 Å². The molecular weight excluding hydrogens is 246 g/mol. The van der Waals surface area contributed by atoms with Crippen LogP contribution < -0.4 is 0 Å². The van der Waals surface area contributed by atoms with Crippen LogP contribution in [0.5, 0.6) is 0 Å². The average Bonchev–Trinajstić information content (AvgIpc) is 2.38. The molecule has 2 atom stereocenters. The number of nitrogens with zero attached hydrogens (tertiary/aromatic N) is 1. The minimum absolute atomic E-state index is 0.104. The highest BCUT2D eigenvalue weighted by molar-refractivity contribution is 5.87. The summed E-state index contributed by atoms with van der Waals surface area (Å²) in [5.41, 5.74) is 0. The van der Waals surface area contributed by atoms with E-state index < -0.39 is 0 Å². The van der Waals surface area contributed by atoms with Crippen molar-refractivity contribution < 1.29 is 19.1 Å². The Hall–Kier alpha value is -1.10. The average molecular weight is 269 g/mol. The van der Waals surface area contributed by atoms with E-state index in [0.29, 0.717) is 32.9 Å². The Morgan fingerprint density at radius 3 is 2.47 bits per heavy atom. The summed E-state index contributed by atoms with van der Waals surface area (Å²) in [6, 6.07) is 0. The molecule has 0 spiro atoms. The van der Waals surface area contributed by atoms with E-state index in [2.05, 4.69) is 6.92 Å². The number of carbonyl (C=O) groups excluding carboxylic acids is 2. The van der Waals surface area contributed by atoms with Crippen molar-refractivity contribution in [2.75, 3.05) is 32.9 Å². The predicted molar refractivity (Wildman–Crippen MR) is 69.5 cm³/mol. The van der Waals surface area contributed by atoms with Crippen molar-refractivity contribution in [3.8, 4) is 0 Å². The van der Waals surface area contributed by atoms with E-state index in [9.17, 15) is 9.59 Å². The number of rotatable bonds is 5. The summed E-state index contributed by atoms with van der Waals surface area (Å²) in [5, 5.41) is 0. The minimum Gasteiger partial charge on any atom is -0.465 e. The highest BCUT2D eigenvalue weighted by Crippen LogP contribution is 2.36. The number of ether oxygens (including phenoxy) is 2. The molecule has 1 aliphatic carbocycles. The number of esters is 1. The van der Waals surface area contributed by atoms with Gasteiger partial charge in [-0.25, -0.2) is 0 Å². The molecule has 1 saturated carbocycles. The number of amides is 1. The van der Waals surface area contributed by atoms with Crippen molar-refractivity contribution in [2.45, 2.75) is 32.6 Å². The van der Waals surface area contributed by atoms with Gasteiger partial charge in [-0.15, -0.1) is 0 Å². The van der Waals surface area contributed by atoms with Crippen LogP contribution in [0.2, 0.25) is 0 Å². The molecule has 2 fully saturated rings. The van der Waals surface area contributed by atoms with Crippen LogP contribution in [0.15, 0.2) is 0 Å². The van der Waals surface area contributed by atoms with Gasteiger partial charge in [0.2, 0.25) is 5.91 Å². The third-order valence-corrected chi connectivity index (χ3v) is 3.96. The lowest BCUT2D eigenvalue weighted by Gasteiger charge is -2.38. The number of hydrogen-bond donors (Lipinski definition) is 0. The van der Waals surface area contributed by atoms with Crippen molar-refractivity contribution in [3.05, 3.63) is 0 Å². The quantitative estimate of drug-likeness (QED) is 0.556. The van der Waals surface area contributed by atoms with Gasteiger partial charge in [0.15, 0.2) is 0 Å². The fraction of sp³-hybridized carbons (Fsp3) is 0.857. The zero-order valence-electron chi connectivity index (χ0n) is 11.6. The molecular formula is C14H23NO4. The summed E-state index contributed by atoms with van der Waals surface area (Å²) < 4.78 is 10.5. The van der Waals surface area contributed by atoms with Crippen LogP contribution in [0, 0.1) is 11.8 Å². The molecule has 0 bridgehead atoms. The smallest absolute Gasteiger partial charge is 0.309 e. The summed E-state index contributed by atoms with van der Waals surface area (Å²) in [7, 11) is 0. The molecule has 5 heteroatoms. The SMILES string of the molecule is CCCCOC(=O)C1CCC1C(=O)N1CCOCC1. The second-order valence-electron chi connectivity index (χ2n) is 5.25. The van der Waals surface area contributed by atoms with Gasteiger partial charge in [-0.05, 0) is 19.3 Å². The third kappa shape index (κ3) is 3.47. The second-order valence-corrected chi connectivity index (χ2v) is 5.25. The normalized spacial score (nSPS) is 26.7. The molecule has 2 aliphatic rings. The first kappa shape index (κ1) is 14.3. The molecule has 2 unspecified atom stereocenters. The fourth-order valence-corrected chi connectivity index (χ4v) is 2.52. The number of hydrogen-bond acceptors (Lipinski definition) is 4. The first-order valence-electron chi connectivity index (χ1n) is 7.27.